The van der Waals surface area contributed by atoms with Gasteiger partial charge in [0.2, 0.25) is 6.41 Å². The molecule has 6 heteroatoms. The predicted octanol–water partition coefficient (Wildman–Crippen LogP) is -0.287. The molecule has 1 unspecified atom stereocenters. The van der Waals surface area contributed by atoms with Gasteiger partial charge in [-0.1, -0.05) is 22.6 Å². The molecule has 0 aliphatic heterocycles. The molecule has 0 aromatic rings. The van der Waals surface area contributed by atoms with Crippen molar-refractivity contribution in [3.8, 4) is 0 Å². The summed E-state index contributed by atoms with van der Waals surface area (Å²) >= 11 is 2.12. The van der Waals surface area contributed by atoms with Crippen molar-refractivity contribution in [3.05, 3.63) is 11.8 Å². The smallest absolute Gasteiger partial charge is 0.207 e. The molecule has 0 bridgehead atoms. The van der Waals surface area contributed by atoms with E-state index < -0.39 is 0 Å². The Labute approximate surface area is 90.8 Å². The molecule has 0 saturated carbocycles. The Kier molecular flexibility index (Phi) is 6.29. The Bertz CT molecular complexity index is 225. The molecule has 0 rings (SSSR count). The molecule has 0 radical (unpaired) electrons. The highest BCUT2D eigenvalue weighted by atomic mass is 127. The zero-order chi connectivity index (χ0) is 10.3. The van der Waals surface area contributed by atoms with Gasteiger partial charge in [-0.15, -0.1) is 0 Å². The maximum absolute atomic E-state index is 10.0. The number of aliphatic imine (C=N–C) groups is 1. The Hall–Kier alpha value is -0.790. The van der Waals surface area contributed by atoms with Gasteiger partial charge < -0.3 is 16.8 Å². The topological polar surface area (TPSA) is 93.5 Å². The lowest BCUT2D eigenvalue weighted by atomic mass is 10.2. The van der Waals surface area contributed by atoms with Crippen LogP contribution in [-0.2, 0) is 4.79 Å². The molecule has 0 aliphatic carbocycles. The molecule has 0 saturated heterocycles. The predicted molar refractivity (Wildman–Crippen MR) is 61.4 cm³/mol. The van der Waals surface area contributed by atoms with Crippen LogP contribution in [0.25, 0.3) is 0 Å². The SMILES string of the molecule is CC(I)N=C(N)/C(=C\N)CNC=O. The second-order valence-electron chi connectivity index (χ2n) is 2.28. The van der Waals surface area contributed by atoms with Gasteiger partial charge in [-0.2, -0.15) is 0 Å². The molecule has 0 aliphatic rings. The number of nitrogens with two attached hydrogens (primary N) is 2. The highest BCUT2D eigenvalue weighted by molar-refractivity contribution is 14.1. The van der Waals surface area contributed by atoms with Crippen LogP contribution in [0.2, 0.25) is 0 Å². The minimum absolute atomic E-state index is 0.0868. The third-order valence-electron chi connectivity index (χ3n) is 1.22. The van der Waals surface area contributed by atoms with Gasteiger partial charge in [0.25, 0.3) is 0 Å². The van der Waals surface area contributed by atoms with Crippen molar-refractivity contribution in [2.75, 3.05) is 6.54 Å². The summed E-state index contributed by atoms with van der Waals surface area (Å²) in [6.07, 6.45) is 1.93. The fourth-order valence-electron chi connectivity index (χ4n) is 0.661. The third kappa shape index (κ3) is 5.45. The fourth-order valence-corrected chi connectivity index (χ4v) is 0.961. The molecule has 0 fully saturated rings. The lowest BCUT2D eigenvalue weighted by molar-refractivity contribution is -0.109. The first-order chi connectivity index (χ1) is 6.11. The normalized spacial score (nSPS) is 15.2. The van der Waals surface area contributed by atoms with Crippen LogP contribution in [0, 0.1) is 0 Å². The van der Waals surface area contributed by atoms with Crippen LogP contribution in [0.3, 0.4) is 0 Å². The van der Waals surface area contributed by atoms with Gasteiger partial charge in [0.15, 0.2) is 0 Å². The molecule has 1 atom stereocenters. The molecule has 0 spiro atoms. The maximum atomic E-state index is 10.0. The number of nitrogens with zero attached hydrogens (tertiary/aromatic N) is 1. The van der Waals surface area contributed by atoms with Gasteiger partial charge in [-0.3, -0.25) is 9.79 Å². The molecular formula is C7H13IN4O. The molecule has 0 heterocycles. The summed E-state index contributed by atoms with van der Waals surface area (Å²) in [7, 11) is 0. The molecule has 5 N–H and O–H groups in total. The van der Waals surface area contributed by atoms with Crippen molar-refractivity contribution < 1.29 is 4.79 Å². The first-order valence-corrected chi connectivity index (χ1v) is 4.92. The summed E-state index contributed by atoms with van der Waals surface area (Å²) in [6, 6.07) is 0. The summed E-state index contributed by atoms with van der Waals surface area (Å²) in [5.41, 5.74) is 11.5. The zero-order valence-corrected chi connectivity index (χ0v) is 9.48. The number of carbonyl (C=O) groups is 1. The minimum Gasteiger partial charge on any atom is -0.404 e. The summed E-state index contributed by atoms with van der Waals surface area (Å²) in [4.78, 5) is 14.1. The fraction of sp³-hybridized carbons (Fsp3) is 0.429. The van der Waals surface area contributed by atoms with Crippen molar-refractivity contribution in [3.63, 3.8) is 0 Å². The number of carbonyl (C=O) groups excluding carboxylic acids is 1. The minimum atomic E-state index is 0.0868. The molecular weight excluding hydrogens is 283 g/mol. The van der Waals surface area contributed by atoms with Gasteiger partial charge in [-0.25, -0.2) is 0 Å². The van der Waals surface area contributed by atoms with Gasteiger partial charge in [0.1, 0.15) is 9.88 Å². The van der Waals surface area contributed by atoms with E-state index in [0.29, 0.717) is 24.4 Å². The van der Waals surface area contributed by atoms with E-state index in [1.54, 1.807) is 0 Å². The van der Waals surface area contributed by atoms with Crippen LogP contribution in [-0.4, -0.2) is 22.8 Å². The number of hydrogen-bond acceptors (Lipinski definition) is 3. The van der Waals surface area contributed by atoms with Crippen LogP contribution in [0.5, 0.6) is 0 Å². The highest BCUT2D eigenvalue weighted by Gasteiger charge is 2.02. The van der Waals surface area contributed by atoms with Crippen LogP contribution < -0.4 is 16.8 Å². The van der Waals surface area contributed by atoms with Gasteiger partial charge in [0.05, 0.1) is 0 Å². The van der Waals surface area contributed by atoms with E-state index in [4.69, 9.17) is 11.5 Å². The molecule has 0 aromatic carbocycles. The third-order valence-corrected chi connectivity index (χ3v) is 1.50. The second kappa shape index (κ2) is 6.70. The number of amidine groups is 1. The Morgan fingerprint density at radius 2 is 2.38 bits per heavy atom. The number of nitrogens with one attached hydrogen (secondary N) is 1. The van der Waals surface area contributed by atoms with Crippen LogP contribution in [0.4, 0.5) is 0 Å². The van der Waals surface area contributed by atoms with E-state index in [1.165, 1.54) is 6.20 Å². The van der Waals surface area contributed by atoms with Crippen molar-refractivity contribution in [2.24, 2.45) is 16.5 Å². The van der Waals surface area contributed by atoms with Gasteiger partial charge in [0, 0.05) is 18.3 Å². The second-order valence-corrected chi connectivity index (χ2v) is 4.08. The van der Waals surface area contributed by atoms with Crippen LogP contribution >= 0.6 is 22.6 Å². The number of alkyl halides is 1. The summed E-state index contributed by atoms with van der Waals surface area (Å²) in [6.45, 7) is 2.20. The van der Waals surface area contributed by atoms with Crippen LogP contribution in [0.15, 0.2) is 16.8 Å². The maximum Gasteiger partial charge on any atom is 0.207 e. The number of amides is 1. The van der Waals surface area contributed by atoms with E-state index in [2.05, 4.69) is 32.9 Å². The first kappa shape index (κ1) is 12.2. The van der Waals surface area contributed by atoms with E-state index in [1.807, 2.05) is 6.92 Å². The first-order valence-electron chi connectivity index (χ1n) is 3.67. The van der Waals surface area contributed by atoms with Crippen LogP contribution in [0.1, 0.15) is 6.92 Å². The summed E-state index contributed by atoms with van der Waals surface area (Å²) in [5, 5.41) is 2.46. The molecule has 74 valence electrons. The summed E-state index contributed by atoms with van der Waals surface area (Å²) < 4.78 is 0.0868. The number of rotatable bonds is 5. The van der Waals surface area contributed by atoms with Crippen molar-refractivity contribution in [2.45, 2.75) is 11.0 Å². The largest absolute Gasteiger partial charge is 0.404 e. The van der Waals surface area contributed by atoms with Gasteiger partial charge in [-0.05, 0) is 6.92 Å². The van der Waals surface area contributed by atoms with E-state index in [-0.39, 0.29) is 4.05 Å². The van der Waals surface area contributed by atoms with Gasteiger partial charge >= 0.3 is 0 Å². The lowest BCUT2D eigenvalue weighted by Crippen LogP contribution is -2.26. The highest BCUT2D eigenvalue weighted by Crippen LogP contribution is 2.01. The van der Waals surface area contributed by atoms with Crippen molar-refractivity contribution in [1.82, 2.24) is 5.32 Å². The van der Waals surface area contributed by atoms with E-state index >= 15 is 0 Å². The Morgan fingerprint density at radius 3 is 2.77 bits per heavy atom. The molecule has 5 nitrogen and oxygen atoms in total. The lowest BCUT2D eigenvalue weighted by Gasteiger charge is -2.05. The van der Waals surface area contributed by atoms with E-state index in [0.717, 1.165) is 0 Å². The average molecular weight is 296 g/mol. The van der Waals surface area contributed by atoms with E-state index in [9.17, 15) is 4.79 Å². The monoisotopic (exact) mass is 296 g/mol. The molecule has 0 aromatic heterocycles. The van der Waals surface area contributed by atoms with Crippen molar-refractivity contribution in [1.29, 1.82) is 0 Å². The quantitative estimate of drug-likeness (QED) is 0.163. The summed E-state index contributed by atoms with van der Waals surface area (Å²) in [5.74, 6) is 0.360. The average Bonchev–Trinajstić information content (AvgIpc) is 2.04. The number of halogens is 1. The standard InChI is InChI=1S/C7H13IN4O/c1-5(8)12-7(10)6(2-9)3-11-4-13/h2,4-5H,3,9H2,1H3,(H2,10,12)(H,11,13)/b6-2-. The number of hydrogen-bond donors (Lipinski definition) is 3. The Balaban J connectivity index is 4.32. The molecule has 1 amide bonds. The molecule has 13 heavy (non-hydrogen) atoms. The Morgan fingerprint density at radius 1 is 1.77 bits per heavy atom. The van der Waals surface area contributed by atoms with Crippen molar-refractivity contribution >= 4 is 34.8 Å². The zero-order valence-electron chi connectivity index (χ0n) is 7.33.